The summed E-state index contributed by atoms with van der Waals surface area (Å²) in [7, 11) is 0. The predicted octanol–water partition coefficient (Wildman–Crippen LogP) is 4.50. The monoisotopic (exact) mass is 372 g/mol. The molecule has 1 amide bonds. The molecule has 0 bridgehead atoms. The third-order valence-corrected chi connectivity index (χ3v) is 4.58. The molecule has 0 aliphatic rings. The van der Waals surface area contributed by atoms with Gasteiger partial charge >= 0.3 is 0 Å². The lowest BCUT2D eigenvalue weighted by atomic mass is 10.2. The summed E-state index contributed by atoms with van der Waals surface area (Å²) in [6, 6.07) is 15.3. The van der Waals surface area contributed by atoms with E-state index in [0.717, 1.165) is 20.6 Å². The highest BCUT2D eigenvalue weighted by Crippen LogP contribution is 2.23. The van der Waals surface area contributed by atoms with Crippen molar-refractivity contribution in [3.05, 3.63) is 75.7 Å². The summed E-state index contributed by atoms with van der Waals surface area (Å²) in [6.07, 6.45) is 1.77. The molecule has 0 saturated heterocycles. The molecule has 5 heteroatoms. The fourth-order valence-corrected chi connectivity index (χ4v) is 2.99. The van der Waals surface area contributed by atoms with E-state index in [-0.39, 0.29) is 5.91 Å². The number of carbonyl (C=O) groups excluding carboxylic acids is 1. The molecule has 0 aliphatic carbocycles. The van der Waals surface area contributed by atoms with E-state index in [1.807, 2.05) is 41.8 Å². The summed E-state index contributed by atoms with van der Waals surface area (Å²) >= 11 is 5.01. The van der Waals surface area contributed by atoms with E-state index in [0.29, 0.717) is 12.1 Å². The van der Waals surface area contributed by atoms with Crippen LogP contribution in [-0.4, -0.2) is 10.9 Å². The molecule has 3 aromatic rings. The average molecular weight is 373 g/mol. The van der Waals surface area contributed by atoms with Crippen LogP contribution in [0, 0.1) is 0 Å². The minimum atomic E-state index is -0.0815. The first-order valence-corrected chi connectivity index (χ1v) is 8.42. The highest BCUT2D eigenvalue weighted by Gasteiger charge is 2.06. The number of hydrogen-bond acceptors (Lipinski definition) is 3. The second-order valence-corrected chi connectivity index (χ2v) is 6.58. The van der Waals surface area contributed by atoms with E-state index in [4.69, 9.17) is 0 Å². The molecule has 0 radical (unpaired) electrons. The van der Waals surface area contributed by atoms with Gasteiger partial charge in [0, 0.05) is 22.8 Å². The summed E-state index contributed by atoms with van der Waals surface area (Å²) in [5.41, 5.74) is 2.62. The molecule has 0 atom stereocenters. The van der Waals surface area contributed by atoms with Gasteiger partial charge in [-0.1, -0.05) is 22.0 Å². The van der Waals surface area contributed by atoms with Gasteiger partial charge in [-0.2, -0.15) is 0 Å². The number of halogens is 1. The van der Waals surface area contributed by atoms with E-state index < -0.39 is 0 Å². The van der Waals surface area contributed by atoms with Gasteiger partial charge in [0.05, 0.1) is 10.6 Å². The Morgan fingerprint density at radius 3 is 2.73 bits per heavy atom. The molecular formula is C17H13BrN2OS. The number of nitrogens with zero attached hydrogens (tertiary/aromatic N) is 1. The number of thiophene rings is 1. The van der Waals surface area contributed by atoms with Gasteiger partial charge in [0.15, 0.2) is 0 Å². The fraction of sp³-hybridized carbons (Fsp3) is 0.0588. The maximum Gasteiger partial charge on any atom is 0.251 e. The number of amides is 1. The molecule has 0 aliphatic heterocycles. The molecule has 1 N–H and O–H groups in total. The summed E-state index contributed by atoms with van der Waals surface area (Å²) in [6.45, 7) is 0.482. The Bertz CT molecular complexity index is 770. The van der Waals surface area contributed by atoms with Crippen LogP contribution < -0.4 is 5.32 Å². The molecule has 0 spiro atoms. The van der Waals surface area contributed by atoms with Crippen LogP contribution in [0.25, 0.3) is 10.6 Å². The molecule has 1 aromatic carbocycles. The normalized spacial score (nSPS) is 10.4. The van der Waals surface area contributed by atoms with Crippen LogP contribution in [0.2, 0.25) is 0 Å². The van der Waals surface area contributed by atoms with Crippen molar-refractivity contribution in [2.75, 3.05) is 0 Å². The number of hydrogen-bond donors (Lipinski definition) is 1. The van der Waals surface area contributed by atoms with E-state index in [1.165, 1.54) is 0 Å². The second-order valence-electron chi connectivity index (χ2n) is 4.72. The zero-order chi connectivity index (χ0) is 15.4. The zero-order valence-corrected chi connectivity index (χ0v) is 14.0. The van der Waals surface area contributed by atoms with Crippen LogP contribution in [0.4, 0.5) is 0 Å². The van der Waals surface area contributed by atoms with Gasteiger partial charge in [-0.15, -0.1) is 11.3 Å². The van der Waals surface area contributed by atoms with Crippen molar-refractivity contribution < 1.29 is 4.79 Å². The largest absolute Gasteiger partial charge is 0.348 e. The van der Waals surface area contributed by atoms with Gasteiger partial charge in [0.1, 0.15) is 0 Å². The quantitative estimate of drug-likeness (QED) is 0.732. The van der Waals surface area contributed by atoms with E-state index >= 15 is 0 Å². The summed E-state index contributed by atoms with van der Waals surface area (Å²) < 4.78 is 0.957. The zero-order valence-electron chi connectivity index (χ0n) is 11.6. The Morgan fingerprint density at radius 1 is 1.18 bits per heavy atom. The molecule has 2 heterocycles. The van der Waals surface area contributed by atoms with E-state index in [1.54, 1.807) is 29.7 Å². The fourth-order valence-electron chi connectivity index (χ4n) is 2.03. The van der Waals surface area contributed by atoms with Crippen LogP contribution in [0.15, 0.2) is 64.6 Å². The highest BCUT2D eigenvalue weighted by atomic mass is 79.9. The maximum atomic E-state index is 12.1. The number of nitrogens with one attached hydrogen (secondary N) is 1. The average Bonchev–Trinajstić information content (AvgIpc) is 3.08. The van der Waals surface area contributed by atoms with Crippen LogP contribution in [-0.2, 0) is 6.54 Å². The predicted molar refractivity (Wildman–Crippen MR) is 92.9 cm³/mol. The molecular weight excluding hydrogens is 360 g/mol. The lowest BCUT2D eigenvalue weighted by Gasteiger charge is -2.06. The smallest absolute Gasteiger partial charge is 0.251 e. The lowest BCUT2D eigenvalue weighted by molar-refractivity contribution is 0.0951. The minimum absolute atomic E-state index is 0.0815. The number of aromatic nitrogens is 1. The molecule has 0 fully saturated rings. The van der Waals surface area contributed by atoms with Crippen molar-refractivity contribution in [2.45, 2.75) is 6.54 Å². The van der Waals surface area contributed by atoms with Crippen molar-refractivity contribution in [3.8, 4) is 10.6 Å². The van der Waals surface area contributed by atoms with Gasteiger partial charge in [-0.3, -0.25) is 9.78 Å². The van der Waals surface area contributed by atoms with E-state index in [9.17, 15) is 4.79 Å². The summed E-state index contributed by atoms with van der Waals surface area (Å²) in [5, 5.41) is 4.96. The van der Waals surface area contributed by atoms with Crippen LogP contribution in [0.1, 0.15) is 15.9 Å². The van der Waals surface area contributed by atoms with Crippen molar-refractivity contribution in [1.29, 1.82) is 0 Å². The summed E-state index contributed by atoms with van der Waals surface area (Å²) in [5.74, 6) is -0.0815. The van der Waals surface area contributed by atoms with Gasteiger partial charge in [-0.25, -0.2) is 0 Å². The number of benzene rings is 1. The van der Waals surface area contributed by atoms with Gasteiger partial charge in [0.25, 0.3) is 5.91 Å². The van der Waals surface area contributed by atoms with Crippen molar-refractivity contribution in [1.82, 2.24) is 10.3 Å². The Kier molecular flexibility index (Phi) is 4.65. The van der Waals surface area contributed by atoms with Gasteiger partial charge in [-0.05, 0) is 53.4 Å². The minimum Gasteiger partial charge on any atom is -0.348 e. The molecule has 22 heavy (non-hydrogen) atoms. The molecule has 2 aromatic heterocycles. The topological polar surface area (TPSA) is 42.0 Å². The first-order chi connectivity index (χ1) is 10.7. The van der Waals surface area contributed by atoms with Crippen molar-refractivity contribution in [2.24, 2.45) is 0 Å². The SMILES string of the molecule is O=C(NCc1ccnc(-c2cccs2)c1)c1ccc(Br)cc1. The number of rotatable bonds is 4. The van der Waals surface area contributed by atoms with Crippen LogP contribution in [0.5, 0.6) is 0 Å². The summed E-state index contributed by atoms with van der Waals surface area (Å²) in [4.78, 5) is 17.6. The second kappa shape index (κ2) is 6.85. The highest BCUT2D eigenvalue weighted by molar-refractivity contribution is 9.10. The first-order valence-electron chi connectivity index (χ1n) is 6.75. The van der Waals surface area contributed by atoms with Crippen molar-refractivity contribution >= 4 is 33.2 Å². The van der Waals surface area contributed by atoms with Crippen LogP contribution >= 0.6 is 27.3 Å². The Morgan fingerprint density at radius 2 is 2.00 bits per heavy atom. The Labute approximate surface area is 141 Å². The lowest BCUT2D eigenvalue weighted by Crippen LogP contribution is -2.22. The molecule has 0 unspecified atom stereocenters. The van der Waals surface area contributed by atoms with Gasteiger partial charge < -0.3 is 5.32 Å². The molecule has 110 valence electrons. The third-order valence-electron chi connectivity index (χ3n) is 3.16. The van der Waals surface area contributed by atoms with Gasteiger partial charge in [0.2, 0.25) is 0 Å². The van der Waals surface area contributed by atoms with E-state index in [2.05, 4.69) is 26.2 Å². The first kappa shape index (κ1) is 14.9. The van der Waals surface area contributed by atoms with Crippen molar-refractivity contribution in [3.63, 3.8) is 0 Å². The Hall–Kier alpha value is -1.98. The van der Waals surface area contributed by atoms with Crippen LogP contribution in [0.3, 0.4) is 0 Å². The third kappa shape index (κ3) is 3.61. The maximum absolute atomic E-state index is 12.1. The standard InChI is InChI=1S/C17H13BrN2OS/c18-14-5-3-13(4-6-14)17(21)20-11-12-7-8-19-15(10-12)16-2-1-9-22-16/h1-10H,11H2,(H,20,21). The number of pyridine rings is 1. The molecule has 3 nitrogen and oxygen atoms in total. The molecule has 0 saturated carbocycles. The molecule has 3 rings (SSSR count). The number of carbonyl (C=O) groups is 1. The Balaban J connectivity index is 1.67.